The summed E-state index contributed by atoms with van der Waals surface area (Å²) in [5.74, 6) is -15.8. The molecule has 19 heteroatoms. The van der Waals surface area contributed by atoms with Crippen molar-refractivity contribution in [2.75, 3.05) is 0 Å². The monoisotopic (exact) mass is 740 g/mol. The van der Waals surface area contributed by atoms with Crippen molar-refractivity contribution in [3.8, 4) is 46.3 Å². The van der Waals surface area contributed by atoms with Crippen molar-refractivity contribution in [3.63, 3.8) is 0 Å². The Bertz CT molecular complexity index is 3130. The first-order valence-electron chi connectivity index (χ1n) is 14.8. The van der Waals surface area contributed by atoms with Crippen LogP contribution in [0.1, 0.15) is 11.1 Å². The molecule has 0 spiro atoms. The number of hydrogen-bond acceptors (Lipinski definition) is 9. The number of rotatable bonds is 4. The van der Waals surface area contributed by atoms with Gasteiger partial charge in [0.1, 0.15) is 23.1 Å². The third kappa shape index (κ3) is 5.65. The molecule has 2 aliphatic rings. The highest BCUT2D eigenvalue weighted by molar-refractivity contribution is 5.78. The third-order valence-corrected chi connectivity index (χ3v) is 7.84. The summed E-state index contributed by atoms with van der Waals surface area (Å²) in [7, 11) is 0. The lowest BCUT2D eigenvalue weighted by molar-refractivity contribution is 0.376. The van der Waals surface area contributed by atoms with Gasteiger partial charge in [0.25, 0.3) is 0 Å². The predicted octanol–water partition coefficient (Wildman–Crippen LogP) is 5.63. The summed E-state index contributed by atoms with van der Waals surface area (Å²) in [6.07, 6.45) is 0. The number of nitrogens with zero attached hydrogens (tertiary/aromatic N) is 12. The molecule has 7 rings (SSSR count). The fraction of sp³-hybridized carbons (Fsp3) is 0. The molecule has 4 aromatic carbocycles. The Balaban J connectivity index is 1.49. The summed E-state index contributed by atoms with van der Waals surface area (Å²) in [5.41, 5.74) is -4.16. The highest BCUT2D eigenvalue weighted by atomic mass is 19.2. The van der Waals surface area contributed by atoms with Crippen LogP contribution in [0.2, 0.25) is 0 Å². The van der Waals surface area contributed by atoms with Crippen molar-refractivity contribution in [2.24, 2.45) is 20.0 Å². The average Bonchev–Trinajstić information content (AvgIpc) is 3.82. The van der Waals surface area contributed by atoms with Crippen LogP contribution >= 0.6 is 0 Å². The van der Waals surface area contributed by atoms with Gasteiger partial charge in [-0.2, -0.15) is 5.26 Å². The largest absolute Gasteiger partial charge is 0.305 e. The van der Waals surface area contributed by atoms with E-state index < -0.39 is 63.5 Å². The number of aromatic nitrogens is 3. The van der Waals surface area contributed by atoms with Crippen LogP contribution in [0.25, 0.3) is 54.4 Å². The zero-order chi connectivity index (χ0) is 39.3. The van der Waals surface area contributed by atoms with Crippen molar-refractivity contribution in [2.45, 2.75) is 0 Å². The smallest absolute Gasteiger partial charge is 0.250 e. The molecule has 55 heavy (non-hydrogen) atoms. The lowest BCUT2D eigenvalue weighted by Crippen LogP contribution is -2.26. The Kier molecular flexibility index (Phi) is 8.42. The van der Waals surface area contributed by atoms with E-state index in [4.69, 9.17) is 19.7 Å². The van der Waals surface area contributed by atoms with Crippen LogP contribution in [-0.4, -0.2) is 15.0 Å². The van der Waals surface area contributed by atoms with E-state index in [1.54, 1.807) is 6.07 Å². The minimum absolute atomic E-state index is 0.0221. The summed E-state index contributed by atoms with van der Waals surface area (Å²) < 4.78 is 100. The van der Waals surface area contributed by atoms with Gasteiger partial charge >= 0.3 is 5.70 Å². The molecule has 0 saturated carbocycles. The molecule has 0 radical (unpaired) electrons. The highest BCUT2D eigenvalue weighted by Crippen LogP contribution is 2.33. The van der Waals surface area contributed by atoms with Crippen LogP contribution in [0.15, 0.2) is 79.8 Å². The molecule has 12 nitrogen and oxygen atoms in total. The van der Waals surface area contributed by atoms with Crippen LogP contribution in [-0.2, 0) is 0 Å². The zero-order valence-electron chi connectivity index (χ0n) is 26.6. The van der Waals surface area contributed by atoms with E-state index in [9.17, 15) is 41.3 Å². The fourth-order valence-corrected chi connectivity index (χ4v) is 5.43. The molecule has 3 heterocycles. The maximum atomic E-state index is 14.7. The molecule has 1 aromatic heterocycles. The van der Waals surface area contributed by atoms with E-state index in [1.807, 2.05) is 6.07 Å². The summed E-state index contributed by atoms with van der Waals surface area (Å²) in [6.45, 7) is 22.6. The van der Waals surface area contributed by atoms with Crippen LogP contribution in [0.5, 0.6) is 0 Å². The van der Waals surface area contributed by atoms with Crippen molar-refractivity contribution >= 4 is 11.4 Å². The number of benzene rings is 4. The van der Waals surface area contributed by atoms with Crippen molar-refractivity contribution < 1.29 is 30.7 Å². The van der Waals surface area contributed by atoms with E-state index in [1.165, 1.54) is 24.3 Å². The third-order valence-electron chi connectivity index (χ3n) is 7.84. The standard InChI is InChI=1S/C36H7F7N12/c1-46-21(12-45)35-49-20-7-5-17(29(47-2)30(20)52-35)34-54-32(13-8-14(37)10-15(38)9-13)53-33(55-34)16-4-6-19-28(18(16)11-44)51-36(50-19)31(48-3)22-23(39)25(41)27(43)26(42)24(22)40/h4-10H/b35-21-,36-31+. The second-order valence-corrected chi connectivity index (χ2v) is 10.9. The van der Waals surface area contributed by atoms with Gasteiger partial charge in [0.2, 0.25) is 11.4 Å². The minimum Gasteiger partial charge on any atom is -0.250 e. The summed E-state index contributed by atoms with van der Waals surface area (Å²) >= 11 is 0. The number of nitriles is 2. The number of fused-ring (bicyclic) bond motifs is 2. The Labute approximate surface area is 301 Å². The Morgan fingerprint density at radius 1 is 0.600 bits per heavy atom. The lowest BCUT2D eigenvalue weighted by atomic mass is 10.1. The van der Waals surface area contributed by atoms with E-state index in [2.05, 4.69) is 49.5 Å². The van der Waals surface area contributed by atoms with Crippen molar-refractivity contribution in [1.82, 2.24) is 15.0 Å². The second-order valence-electron chi connectivity index (χ2n) is 10.9. The molecule has 0 saturated heterocycles. The number of hydrogen-bond donors (Lipinski definition) is 0. The molecule has 2 aliphatic heterocycles. The first kappa shape index (κ1) is 35.0. The van der Waals surface area contributed by atoms with Crippen LogP contribution in [0.4, 0.5) is 36.4 Å². The molecule has 0 atom stereocenters. The van der Waals surface area contributed by atoms with Crippen molar-refractivity contribution in [1.29, 1.82) is 10.5 Å². The van der Waals surface area contributed by atoms with Crippen LogP contribution in [0, 0.1) is 83.1 Å². The fourth-order valence-electron chi connectivity index (χ4n) is 5.43. The summed E-state index contributed by atoms with van der Waals surface area (Å²) in [6, 6.07) is 11.1. The normalized spacial score (nSPS) is 13.9. The van der Waals surface area contributed by atoms with E-state index in [0.717, 1.165) is 12.1 Å². The van der Waals surface area contributed by atoms with E-state index >= 15 is 0 Å². The van der Waals surface area contributed by atoms with Gasteiger partial charge in [-0.3, -0.25) is 0 Å². The topological polar surface area (TPSA) is 149 Å². The maximum absolute atomic E-state index is 14.7. The van der Waals surface area contributed by atoms with E-state index in [-0.39, 0.29) is 72.7 Å². The predicted molar refractivity (Wildman–Crippen MR) is 171 cm³/mol. The van der Waals surface area contributed by atoms with Gasteiger partial charge < -0.3 is 0 Å². The Morgan fingerprint density at radius 2 is 1.15 bits per heavy atom. The van der Waals surface area contributed by atoms with Gasteiger partial charge in [-0.1, -0.05) is 6.07 Å². The minimum atomic E-state index is -2.45. The Morgan fingerprint density at radius 3 is 1.73 bits per heavy atom. The molecule has 5 aromatic rings. The van der Waals surface area contributed by atoms with Gasteiger partial charge in [-0.25, -0.2) is 85.5 Å². The first-order chi connectivity index (χ1) is 26.4. The summed E-state index contributed by atoms with van der Waals surface area (Å²) in [4.78, 5) is 38.9. The van der Waals surface area contributed by atoms with Crippen molar-refractivity contribution in [3.05, 3.63) is 167 Å². The SMILES string of the molecule is [C-]#[N+]/C(C#N)=C1/N=c2ccc(-c3nc(-c4cc(F)cc(F)c4)nc(-c4ccc5c(c4C#N)=N/C(=C(/[N+]#[C-])c4c(F)c(F)c(F)c(F)c4F)N=5)n3)c([N+]#[C-])c2=N1. The molecule has 260 valence electrons. The van der Waals surface area contributed by atoms with Gasteiger partial charge in [0, 0.05) is 22.8 Å². The molecular weight excluding hydrogens is 733 g/mol. The summed E-state index contributed by atoms with van der Waals surface area (Å²) in [5, 5.41) is 19.2. The number of halogens is 7. The van der Waals surface area contributed by atoms with Gasteiger partial charge in [0.05, 0.1) is 53.0 Å². The molecular formula is C36H7F7N12. The Hall–Kier alpha value is -8.47. The van der Waals surface area contributed by atoms with Gasteiger partial charge in [0.15, 0.2) is 58.2 Å². The maximum Gasteiger partial charge on any atom is 0.305 e. The molecule has 0 unspecified atom stereocenters. The molecule has 0 N–H and O–H groups in total. The highest BCUT2D eigenvalue weighted by Gasteiger charge is 2.31. The average molecular weight is 741 g/mol. The molecule has 0 bridgehead atoms. The van der Waals surface area contributed by atoms with Gasteiger partial charge in [-0.15, -0.1) is 0 Å². The van der Waals surface area contributed by atoms with E-state index in [0.29, 0.717) is 6.07 Å². The van der Waals surface area contributed by atoms with Crippen LogP contribution in [0.3, 0.4) is 0 Å². The molecule has 0 aliphatic carbocycles. The molecule has 0 fully saturated rings. The molecule has 0 amide bonds. The van der Waals surface area contributed by atoms with Crippen LogP contribution < -0.4 is 21.4 Å². The zero-order valence-corrected chi connectivity index (χ0v) is 26.6. The second kappa shape index (κ2) is 13.3. The first-order valence-corrected chi connectivity index (χ1v) is 14.8. The lowest BCUT2D eigenvalue weighted by Gasteiger charge is -2.10. The van der Waals surface area contributed by atoms with Gasteiger partial charge in [-0.05, 0) is 30.3 Å². The number of allylic oxidation sites excluding steroid dienone is 1. The quantitative estimate of drug-likeness (QED) is 0.0770.